The third-order valence-corrected chi connectivity index (χ3v) is 4.19. The first-order valence-electron chi connectivity index (χ1n) is 8.39. The molecule has 0 saturated heterocycles. The maximum atomic E-state index is 11.9. The van der Waals surface area contributed by atoms with Crippen LogP contribution in [0.2, 0.25) is 0 Å². The highest BCUT2D eigenvalue weighted by Crippen LogP contribution is 2.31. The van der Waals surface area contributed by atoms with Crippen molar-refractivity contribution in [3.05, 3.63) is 42.5 Å². The Kier molecular flexibility index (Phi) is 4.83. The highest BCUT2D eigenvalue weighted by Gasteiger charge is 2.30. The number of amides is 1. The fraction of sp³-hybridized carbons (Fsp3) is 0.350. The van der Waals surface area contributed by atoms with Crippen LogP contribution < -0.4 is 10.2 Å². The number of carbonyl (C=O) groups is 2. The van der Waals surface area contributed by atoms with E-state index in [9.17, 15) is 9.59 Å². The quantitative estimate of drug-likeness (QED) is 0.868. The van der Waals surface area contributed by atoms with Gasteiger partial charge in [-0.2, -0.15) is 5.10 Å². The summed E-state index contributed by atoms with van der Waals surface area (Å²) in [6.45, 7) is 3.95. The minimum Gasteiger partial charge on any atom is -0.484 e. The monoisotopic (exact) mass is 338 g/mol. The number of hydrazone groups is 1. The summed E-state index contributed by atoms with van der Waals surface area (Å²) in [5, 5.41) is 6.29. The Morgan fingerprint density at radius 2 is 1.92 bits per heavy atom. The number of fused-ring (bicyclic) bond motifs is 1. The zero-order valence-corrected chi connectivity index (χ0v) is 14.5. The zero-order chi connectivity index (χ0) is 17.9. The number of nitrogens with one attached hydrogen (secondary N) is 1. The Morgan fingerprint density at radius 1 is 1.16 bits per heavy atom. The minimum atomic E-state index is -0.337. The number of ether oxygens (including phenoxy) is 1. The standard InChI is InChI=1S/C20H22N2O3/c1-20(2)11-16(10-17(23)12-20)21-22-19(24)13-25-18-8-7-14-5-3-4-6-15(14)9-18/h3-9H,10-13H2,1-2H3,(H,22,24). The molecule has 3 rings (SSSR count). The van der Waals surface area contributed by atoms with Crippen molar-refractivity contribution in [2.24, 2.45) is 10.5 Å². The van der Waals surface area contributed by atoms with Crippen molar-refractivity contribution in [2.45, 2.75) is 33.1 Å². The number of ketones is 1. The van der Waals surface area contributed by atoms with Crippen molar-refractivity contribution in [2.75, 3.05) is 6.61 Å². The number of rotatable bonds is 4. The van der Waals surface area contributed by atoms with Gasteiger partial charge in [0.15, 0.2) is 6.61 Å². The van der Waals surface area contributed by atoms with Crippen molar-refractivity contribution in [1.82, 2.24) is 5.43 Å². The van der Waals surface area contributed by atoms with E-state index in [1.807, 2.05) is 56.3 Å². The number of hydrogen-bond acceptors (Lipinski definition) is 4. The van der Waals surface area contributed by atoms with E-state index in [2.05, 4.69) is 10.5 Å². The fourth-order valence-corrected chi connectivity index (χ4v) is 3.16. The summed E-state index contributed by atoms with van der Waals surface area (Å²) in [6.07, 6.45) is 1.59. The maximum absolute atomic E-state index is 11.9. The van der Waals surface area contributed by atoms with E-state index in [1.165, 1.54) is 0 Å². The lowest BCUT2D eigenvalue weighted by Gasteiger charge is -2.28. The number of hydrogen-bond donors (Lipinski definition) is 1. The van der Waals surface area contributed by atoms with Gasteiger partial charge in [-0.05, 0) is 34.7 Å². The summed E-state index contributed by atoms with van der Waals surface area (Å²) < 4.78 is 5.53. The smallest absolute Gasteiger partial charge is 0.277 e. The molecule has 1 amide bonds. The van der Waals surface area contributed by atoms with Crippen LogP contribution in [0.15, 0.2) is 47.6 Å². The van der Waals surface area contributed by atoms with Crippen LogP contribution in [-0.2, 0) is 9.59 Å². The molecule has 0 radical (unpaired) electrons. The predicted molar refractivity (Wildman–Crippen MR) is 97.7 cm³/mol. The van der Waals surface area contributed by atoms with Gasteiger partial charge in [-0.1, -0.05) is 44.2 Å². The van der Waals surface area contributed by atoms with Crippen molar-refractivity contribution >= 4 is 28.2 Å². The molecule has 0 atom stereocenters. The normalized spacial score (nSPS) is 18.3. The molecule has 130 valence electrons. The van der Waals surface area contributed by atoms with Crippen LogP contribution in [0.1, 0.15) is 33.1 Å². The van der Waals surface area contributed by atoms with E-state index in [1.54, 1.807) is 0 Å². The molecular weight excluding hydrogens is 316 g/mol. The molecule has 1 aliphatic rings. The van der Waals surface area contributed by atoms with Gasteiger partial charge >= 0.3 is 0 Å². The van der Waals surface area contributed by atoms with Gasteiger partial charge in [0, 0.05) is 18.6 Å². The van der Waals surface area contributed by atoms with Crippen LogP contribution in [0.4, 0.5) is 0 Å². The predicted octanol–water partition coefficient (Wildman–Crippen LogP) is 3.47. The van der Waals surface area contributed by atoms with Crippen molar-refractivity contribution in [3.8, 4) is 5.75 Å². The lowest BCUT2D eigenvalue weighted by atomic mass is 9.76. The highest BCUT2D eigenvalue weighted by atomic mass is 16.5. The second-order valence-corrected chi connectivity index (χ2v) is 7.24. The molecule has 1 saturated carbocycles. The maximum Gasteiger partial charge on any atom is 0.277 e. The summed E-state index contributed by atoms with van der Waals surface area (Å²) >= 11 is 0. The van der Waals surface area contributed by atoms with Crippen molar-refractivity contribution in [1.29, 1.82) is 0 Å². The molecular formula is C20H22N2O3. The van der Waals surface area contributed by atoms with Crippen molar-refractivity contribution < 1.29 is 14.3 Å². The van der Waals surface area contributed by atoms with Crippen molar-refractivity contribution in [3.63, 3.8) is 0 Å². The van der Waals surface area contributed by atoms with Gasteiger partial charge in [0.25, 0.3) is 5.91 Å². The van der Waals surface area contributed by atoms with E-state index in [4.69, 9.17) is 4.74 Å². The number of nitrogens with zero attached hydrogens (tertiary/aromatic N) is 1. The second-order valence-electron chi connectivity index (χ2n) is 7.24. The average molecular weight is 338 g/mol. The summed E-state index contributed by atoms with van der Waals surface area (Å²) in [6, 6.07) is 13.7. The Hall–Kier alpha value is -2.69. The number of carbonyl (C=O) groups excluding carboxylic acids is 2. The molecule has 1 fully saturated rings. The molecule has 0 aromatic heterocycles. The van der Waals surface area contributed by atoms with Gasteiger partial charge in [-0.15, -0.1) is 0 Å². The summed E-state index contributed by atoms with van der Waals surface area (Å²) in [5.74, 6) is 0.462. The number of benzene rings is 2. The molecule has 0 bridgehead atoms. The summed E-state index contributed by atoms with van der Waals surface area (Å²) in [4.78, 5) is 23.7. The fourth-order valence-electron chi connectivity index (χ4n) is 3.16. The van der Waals surface area contributed by atoms with Gasteiger partial charge in [0.2, 0.25) is 0 Å². The molecule has 5 nitrogen and oxygen atoms in total. The molecule has 5 heteroatoms. The van der Waals surface area contributed by atoms with Crippen LogP contribution in [0.25, 0.3) is 10.8 Å². The van der Waals surface area contributed by atoms with Gasteiger partial charge in [-0.3, -0.25) is 9.59 Å². The topological polar surface area (TPSA) is 67.8 Å². The third-order valence-electron chi connectivity index (χ3n) is 4.19. The Balaban J connectivity index is 1.55. The lowest BCUT2D eigenvalue weighted by Crippen LogP contribution is -2.32. The number of Topliss-reactive ketones (excluding diaryl/α,β-unsaturated/α-hetero) is 1. The molecule has 0 unspecified atom stereocenters. The van der Waals surface area contributed by atoms with Crippen LogP contribution in [0, 0.1) is 5.41 Å². The van der Waals surface area contributed by atoms with E-state index in [0.29, 0.717) is 25.0 Å². The Bertz CT molecular complexity index is 840. The molecule has 0 spiro atoms. The van der Waals surface area contributed by atoms with Crippen LogP contribution in [-0.4, -0.2) is 24.0 Å². The Morgan fingerprint density at radius 3 is 2.68 bits per heavy atom. The second kappa shape index (κ2) is 7.05. The summed E-state index contributed by atoms with van der Waals surface area (Å²) in [5.41, 5.74) is 3.12. The third kappa shape index (κ3) is 4.66. The van der Waals surface area contributed by atoms with Crippen LogP contribution in [0.3, 0.4) is 0 Å². The largest absolute Gasteiger partial charge is 0.484 e. The molecule has 2 aromatic carbocycles. The first-order valence-corrected chi connectivity index (χ1v) is 8.39. The van der Waals surface area contributed by atoms with E-state index < -0.39 is 0 Å². The lowest BCUT2D eigenvalue weighted by molar-refractivity contribution is -0.123. The van der Waals surface area contributed by atoms with Crippen LogP contribution in [0.5, 0.6) is 5.75 Å². The molecule has 0 heterocycles. The molecule has 0 aliphatic heterocycles. The van der Waals surface area contributed by atoms with E-state index in [-0.39, 0.29) is 23.7 Å². The van der Waals surface area contributed by atoms with Gasteiger partial charge < -0.3 is 4.74 Å². The average Bonchev–Trinajstić information content (AvgIpc) is 2.56. The van der Waals surface area contributed by atoms with E-state index >= 15 is 0 Å². The molecule has 2 aromatic rings. The van der Waals surface area contributed by atoms with Gasteiger partial charge in [0.05, 0.1) is 0 Å². The minimum absolute atomic E-state index is 0.0967. The first-order chi connectivity index (χ1) is 11.9. The van der Waals surface area contributed by atoms with Gasteiger partial charge in [0.1, 0.15) is 11.5 Å². The van der Waals surface area contributed by atoms with Gasteiger partial charge in [-0.25, -0.2) is 5.43 Å². The highest BCUT2D eigenvalue weighted by molar-refractivity contribution is 6.05. The van der Waals surface area contributed by atoms with E-state index in [0.717, 1.165) is 16.5 Å². The molecule has 1 N–H and O–H groups in total. The molecule has 25 heavy (non-hydrogen) atoms. The molecule has 1 aliphatic carbocycles. The van der Waals surface area contributed by atoms with Crippen LogP contribution >= 0.6 is 0 Å². The zero-order valence-electron chi connectivity index (χ0n) is 14.5. The Labute approximate surface area is 147 Å². The first kappa shape index (κ1) is 17.1. The summed E-state index contributed by atoms with van der Waals surface area (Å²) in [7, 11) is 0. The SMILES string of the molecule is CC1(C)CC(=O)CC(=NNC(=O)COc2ccc3ccccc3c2)C1.